The predicted octanol–water partition coefficient (Wildman–Crippen LogP) is 4.39. The zero-order valence-corrected chi connectivity index (χ0v) is 14.3. The molecule has 0 aliphatic heterocycles. The van der Waals surface area contributed by atoms with Crippen molar-refractivity contribution in [1.29, 1.82) is 0 Å². The lowest BCUT2D eigenvalue weighted by atomic mass is 10.1. The van der Waals surface area contributed by atoms with E-state index in [4.69, 9.17) is 17.3 Å². The van der Waals surface area contributed by atoms with E-state index >= 15 is 0 Å². The van der Waals surface area contributed by atoms with Crippen molar-refractivity contribution in [2.45, 2.75) is 0 Å². The van der Waals surface area contributed by atoms with E-state index in [1.54, 1.807) is 0 Å². The van der Waals surface area contributed by atoms with Crippen molar-refractivity contribution in [2.75, 3.05) is 17.7 Å². The monoisotopic (exact) mass is 351 g/mol. The summed E-state index contributed by atoms with van der Waals surface area (Å²) in [5.74, 6) is 0. The molecule has 0 aliphatic carbocycles. The van der Waals surface area contributed by atoms with Crippen molar-refractivity contribution >= 4 is 46.3 Å². The average Bonchev–Trinajstić information content (AvgIpc) is 3.03. The number of aromatic nitrogens is 1. The number of fused-ring (bicyclic) bond motifs is 1. The highest BCUT2D eigenvalue weighted by Crippen LogP contribution is 2.23. The molecule has 0 unspecified atom stereocenters. The van der Waals surface area contributed by atoms with Crippen molar-refractivity contribution < 1.29 is 0 Å². The SMILES string of the molecule is C=N/C=C(Cl)\C(=N/CNc1cccc(N)c1)c1c[nH]c2ccccc12. The molecule has 0 fully saturated rings. The standard InChI is InChI=1S/C19H18ClN5/c1-22-11-17(20)19(16-10-23-18-8-3-2-7-15(16)18)25-12-24-14-6-4-5-13(21)9-14/h2-11,23-24H,1,12,21H2/b17-11+,25-19-. The molecule has 0 saturated heterocycles. The maximum Gasteiger partial charge on any atom is 0.108 e. The number of H-pyrrole nitrogens is 1. The van der Waals surface area contributed by atoms with Crippen LogP contribution in [0.4, 0.5) is 11.4 Å². The maximum absolute atomic E-state index is 6.38. The molecule has 1 heterocycles. The lowest BCUT2D eigenvalue weighted by Crippen LogP contribution is -2.07. The lowest BCUT2D eigenvalue weighted by Gasteiger charge is -2.07. The summed E-state index contributed by atoms with van der Waals surface area (Å²) in [5, 5.41) is 4.68. The highest BCUT2D eigenvalue weighted by atomic mass is 35.5. The molecule has 0 atom stereocenters. The number of anilines is 2. The first-order chi connectivity index (χ1) is 12.2. The van der Waals surface area contributed by atoms with Crippen LogP contribution in [0, 0.1) is 0 Å². The molecule has 0 amide bonds. The molecule has 0 bridgehead atoms. The van der Waals surface area contributed by atoms with Crippen LogP contribution in [0.2, 0.25) is 0 Å². The van der Waals surface area contributed by atoms with Crippen molar-refractivity contribution in [1.82, 2.24) is 4.98 Å². The number of nitrogens with zero attached hydrogens (tertiary/aromatic N) is 2. The van der Waals surface area contributed by atoms with Crippen LogP contribution >= 0.6 is 11.6 Å². The Morgan fingerprint density at radius 2 is 2.08 bits per heavy atom. The number of nitrogens with one attached hydrogen (secondary N) is 2. The zero-order valence-electron chi connectivity index (χ0n) is 13.5. The summed E-state index contributed by atoms with van der Waals surface area (Å²) in [6.45, 7) is 3.81. The fourth-order valence-corrected chi connectivity index (χ4v) is 2.79. The van der Waals surface area contributed by atoms with E-state index in [1.807, 2.05) is 54.7 Å². The second kappa shape index (κ2) is 7.68. The van der Waals surface area contributed by atoms with E-state index in [-0.39, 0.29) is 0 Å². The van der Waals surface area contributed by atoms with Gasteiger partial charge in [-0.25, -0.2) is 0 Å². The quantitative estimate of drug-likeness (QED) is 0.455. The number of nitrogens with two attached hydrogens (primary N) is 1. The van der Waals surface area contributed by atoms with E-state index in [0.29, 0.717) is 23.1 Å². The Hall–Kier alpha value is -3.05. The highest BCUT2D eigenvalue weighted by Gasteiger charge is 2.13. The number of aliphatic imine (C=N–C) groups is 2. The first kappa shape index (κ1) is 16.8. The van der Waals surface area contributed by atoms with E-state index in [1.165, 1.54) is 6.20 Å². The second-order valence-electron chi connectivity index (χ2n) is 5.37. The number of rotatable bonds is 6. The Morgan fingerprint density at radius 1 is 1.24 bits per heavy atom. The molecule has 3 aromatic rings. The van der Waals surface area contributed by atoms with E-state index < -0.39 is 0 Å². The van der Waals surface area contributed by atoms with Gasteiger partial charge in [-0.05, 0) is 31.0 Å². The summed E-state index contributed by atoms with van der Waals surface area (Å²) in [6, 6.07) is 15.5. The van der Waals surface area contributed by atoms with Gasteiger partial charge in [0.1, 0.15) is 6.67 Å². The van der Waals surface area contributed by atoms with Gasteiger partial charge in [0.05, 0.1) is 10.7 Å². The number of benzene rings is 2. The number of halogens is 1. The van der Waals surface area contributed by atoms with Crippen LogP contribution in [0.1, 0.15) is 5.56 Å². The van der Waals surface area contributed by atoms with Gasteiger partial charge in [0.25, 0.3) is 0 Å². The topological polar surface area (TPSA) is 78.6 Å². The van der Waals surface area contributed by atoms with Crippen molar-refractivity contribution in [3.05, 3.63) is 71.5 Å². The van der Waals surface area contributed by atoms with Gasteiger partial charge in [-0.2, -0.15) is 0 Å². The average molecular weight is 352 g/mol. The molecule has 0 radical (unpaired) electrons. The molecular formula is C19H18ClN5. The molecule has 1 aromatic heterocycles. The van der Waals surface area contributed by atoms with Crippen molar-refractivity contribution in [3.63, 3.8) is 0 Å². The van der Waals surface area contributed by atoms with Crippen LogP contribution in [-0.4, -0.2) is 24.1 Å². The number of aromatic amines is 1. The third-order valence-electron chi connectivity index (χ3n) is 3.68. The fourth-order valence-electron chi connectivity index (χ4n) is 2.56. The Bertz CT molecular complexity index is 955. The van der Waals surface area contributed by atoms with Gasteiger partial charge in [0, 0.05) is 40.2 Å². The first-order valence-electron chi connectivity index (χ1n) is 7.71. The number of hydrogen-bond acceptors (Lipinski definition) is 4. The van der Waals surface area contributed by atoms with Gasteiger partial charge >= 0.3 is 0 Å². The van der Waals surface area contributed by atoms with Crippen LogP contribution in [0.25, 0.3) is 10.9 Å². The highest BCUT2D eigenvalue weighted by molar-refractivity contribution is 6.47. The Morgan fingerprint density at radius 3 is 2.88 bits per heavy atom. The number of hydrogen-bond donors (Lipinski definition) is 3. The molecule has 6 heteroatoms. The molecule has 0 aliphatic rings. The van der Waals surface area contributed by atoms with Gasteiger partial charge in [-0.15, -0.1) is 0 Å². The van der Waals surface area contributed by atoms with Crippen LogP contribution in [-0.2, 0) is 0 Å². The van der Waals surface area contributed by atoms with E-state index in [2.05, 4.69) is 27.0 Å². The van der Waals surface area contributed by atoms with Crippen molar-refractivity contribution in [2.24, 2.45) is 9.98 Å². The second-order valence-corrected chi connectivity index (χ2v) is 5.78. The lowest BCUT2D eigenvalue weighted by molar-refractivity contribution is 1.14. The minimum Gasteiger partial charge on any atom is -0.399 e. The Kier molecular flexibility index (Phi) is 5.16. The fraction of sp³-hybridized carbons (Fsp3) is 0.0526. The molecule has 0 spiro atoms. The summed E-state index contributed by atoms with van der Waals surface area (Å²) in [5.41, 5.74) is 9.95. The molecule has 25 heavy (non-hydrogen) atoms. The molecular weight excluding hydrogens is 334 g/mol. The van der Waals surface area contributed by atoms with Gasteiger partial charge in [-0.1, -0.05) is 35.9 Å². The van der Waals surface area contributed by atoms with Crippen LogP contribution in [0.15, 0.2) is 75.9 Å². The van der Waals surface area contributed by atoms with E-state index in [0.717, 1.165) is 22.2 Å². The largest absolute Gasteiger partial charge is 0.399 e. The molecule has 4 N–H and O–H groups in total. The normalized spacial score (nSPS) is 12.4. The number of para-hydroxylation sites is 1. The van der Waals surface area contributed by atoms with Gasteiger partial charge in [0.2, 0.25) is 0 Å². The third kappa shape index (κ3) is 3.89. The summed E-state index contributed by atoms with van der Waals surface area (Å²) < 4.78 is 0. The molecule has 0 saturated carbocycles. The molecule has 5 nitrogen and oxygen atoms in total. The van der Waals surface area contributed by atoms with Crippen molar-refractivity contribution in [3.8, 4) is 0 Å². The van der Waals surface area contributed by atoms with Crippen LogP contribution < -0.4 is 11.1 Å². The minimum atomic E-state index is 0.347. The summed E-state index contributed by atoms with van der Waals surface area (Å²) in [7, 11) is 0. The Labute approximate surface area is 150 Å². The Balaban J connectivity index is 1.92. The summed E-state index contributed by atoms with van der Waals surface area (Å²) in [6.07, 6.45) is 3.38. The third-order valence-corrected chi connectivity index (χ3v) is 3.96. The predicted molar refractivity (Wildman–Crippen MR) is 108 cm³/mol. The molecule has 3 rings (SSSR count). The maximum atomic E-state index is 6.38. The summed E-state index contributed by atoms with van der Waals surface area (Å²) >= 11 is 6.38. The van der Waals surface area contributed by atoms with Crippen LogP contribution in [0.3, 0.4) is 0 Å². The number of allylic oxidation sites excluding steroid dienone is 1. The zero-order chi connectivity index (χ0) is 17.6. The molecule has 2 aromatic carbocycles. The van der Waals surface area contributed by atoms with Crippen LogP contribution in [0.5, 0.6) is 0 Å². The molecule has 126 valence electrons. The first-order valence-corrected chi connectivity index (χ1v) is 8.09. The number of nitrogen functional groups attached to an aromatic ring is 1. The van der Waals surface area contributed by atoms with Gasteiger partial charge < -0.3 is 16.0 Å². The smallest absolute Gasteiger partial charge is 0.108 e. The van der Waals surface area contributed by atoms with Gasteiger partial charge in [0.15, 0.2) is 0 Å². The minimum absolute atomic E-state index is 0.347. The van der Waals surface area contributed by atoms with Gasteiger partial charge in [-0.3, -0.25) is 9.98 Å². The summed E-state index contributed by atoms with van der Waals surface area (Å²) in [4.78, 5) is 11.6. The van der Waals surface area contributed by atoms with E-state index in [9.17, 15) is 0 Å².